The Bertz CT molecular complexity index is 717. The Hall–Kier alpha value is -2.94. The second-order valence-corrected chi connectivity index (χ2v) is 5.69. The second kappa shape index (κ2) is 7.09. The van der Waals surface area contributed by atoms with Crippen LogP contribution in [-0.4, -0.2) is 38.3 Å². The topological polar surface area (TPSA) is 70.4 Å². The van der Waals surface area contributed by atoms with Gasteiger partial charge in [-0.05, 0) is 18.6 Å². The van der Waals surface area contributed by atoms with Gasteiger partial charge in [-0.15, -0.1) is 0 Å². The zero-order chi connectivity index (χ0) is 16.9. The van der Waals surface area contributed by atoms with Crippen LogP contribution in [0.2, 0.25) is 0 Å². The van der Waals surface area contributed by atoms with Gasteiger partial charge in [0.25, 0.3) is 0 Å². The lowest BCUT2D eigenvalue weighted by atomic mass is 10.2. The van der Waals surface area contributed by atoms with Gasteiger partial charge in [0.05, 0.1) is 19.8 Å². The van der Waals surface area contributed by atoms with E-state index in [1.165, 1.54) is 0 Å². The van der Waals surface area contributed by atoms with Crippen LogP contribution in [0.4, 0.5) is 11.5 Å². The first-order valence-corrected chi connectivity index (χ1v) is 7.82. The number of hydrogen-bond acceptors (Lipinski definition) is 6. The predicted octanol–water partition coefficient (Wildman–Crippen LogP) is 2.66. The molecule has 24 heavy (non-hydrogen) atoms. The molecule has 1 aliphatic heterocycles. The summed E-state index contributed by atoms with van der Waals surface area (Å²) in [5, 5.41) is 12.2. The van der Waals surface area contributed by atoms with Crippen LogP contribution in [0.5, 0.6) is 11.5 Å². The number of nitrogens with one attached hydrogen (secondary N) is 1. The molecule has 1 saturated heterocycles. The summed E-state index contributed by atoms with van der Waals surface area (Å²) >= 11 is 0. The summed E-state index contributed by atoms with van der Waals surface area (Å²) in [4.78, 5) is 6.57. The summed E-state index contributed by atoms with van der Waals surface area (Å²) in [5.74, 6) is 2.37. The van der Waals surface area contributed by atoms with E-state index < -0.39 is 0 Å². The van der Waals surface area contributed by atoms with E-state index in [-0.39, 0.29) is 0 Å². The third kappa shape index (κ3) is 3.51. The molecule has 2 heterocycles. The quantitative estimate of drug-likeness (QED) is 0.912. The van der Waals surface area contributed by atoms with Crippen LogP contribution in [0.3, 0.4) is 0 Å². The van der Waals surface area contributed by atoms with Crippen LogP contribution in [-0.2, 0) is 0 Å². The van der Waals surface area contributed by atoms with Crippen molar-refractivity contribution in [3.05, 3.63) is 42.1 Å². The molecule has 6 heteroatoms. The van der Waals surface area contributed by atoms with Crippen molar-refractivity contribution in [1.82, 2.24) is 4.98 Å². The Morgan fingerprint density at radius 3 is 2.54 bits per heavy atom. The number of rotatable bonds is 5. The lowest BCUT2D eigenvalue weighted by molar-refractivity contribution is 0.394. The van der Waals surface area contributed by atoms with Gasteiger partial charge in [-0.2, -0.15) is 5.26 Å². The van der Waals surface area contributed by atoms with Gasteiger partial charge in [0, 0.05) is 49.2 Å². The highest BCUT2D eigenvalue weighted by atomic mass is 16.5. The van der Waals surface area contributed by atoms with Crippen molar-refractivity contribution in [1.29, 1.82) is 5.26 Å². The van der Waals surface area contributed by atoms with E-state index in [1.807, 2.05) is 24.3 Å². The number of benzene rings is 1. The Morgan fingerprint density at radius 2 is 1.96 bits per heavy atom. The number of anilines is 2. The molecule has 1 atom stereocenters. The number of pyridine rings is 1. The Morgan fingerprint density at radius 1 is 1.21 bits per heavy atom. The zero-order valence-corrected chi connectivity index (χ0v) is 13.8. The van der Waals surface area contributed by atoms with E-state index in [1.54, 1.807) is 26.5 Å². The Kier molecular flexibility index (Phi) is 4.71. The SMILES string of the molecule is COc1cc(OC)cc(N2CCC(Nc3ccc(C#N)cn3)C2)c1. The van der Waals surface area contributed by atoms with Gasteiger partial charge in [0.15, 0.2) is 0 Å². The van der Waals surface area contributed by atoms with Crippen molar-refractivity contribution in [3.63, 3.8) is 0 Å². The van der Waals surface area contributed by atoms with E-state index in [2.05, 4.69) is 21.3 Å². The lowest BCUT2D eigenvalue weighted by Crippen LogP contribution is -2.26. The van der Waals surface area contributed by atoms with Gasteiger partial charge in [-0.3, -0.25) is 0 Å². The molecular weight excluding hydrogens is 304 g/mol. The van der Waals surface area contributed by atoms with Crippen molar-refractivity contribution < 1.29 is 9.47 Å². The summed E-state index contributed by atoms with van der Waals surface area (Å²) in [6.45, 7) is 1.82. The first-order valence-electron chi connectivity index (χ1n) is 7.82. The molecule has 6 nitrogen and oxygen atoms in total. The summed E-state index contributed by atoms with van der Waals surface area (Å²) in [5.41, 5.74) is 1.65. The van der Waals surface area contributed by atoms with Crippen LogP contribution >= 0.6 is 0 Å². The standard InChI is InChI=1S/C18H20N4O2/c1-23-16-7-15(8-17(9-16)24-2)22-6-5-14(12-22)21-18-4-3-13(10-19)11-20-18/h3-4,7-9,11,14H,5-6,12H2,1-2H3,(H,20,21). The van der Waals surface area contributed by atoms with Crippen molar-refractivity contribution in [3.8, 4) is 17.6 Å². The summed E-state index contributed by atoms with van der Waals surface area (Å²) in [6, 6.07) is 11.9. The maximum absolute atomic E-state index is 8.82. The van der Waals surface area contributed by atoms with Crippen LogP contribution in [0, 0.1) is 11.3 Å². The fourth-order valence-electron chi connectivity index (χ4n) is 2.84. The van der Waals surface area contributed by atoms with E-state index in [0.717, 1.165) is 42.5 Å². The van der Waals surface area contributed by atoms with E-state index >= 15 is 0 Å². The van der Waals surface area contributed by atoms with Crippen LogP contribution in [0.15, 0.2) is 36.5 Å². The summed E-state index contributed by atoms with van der Waals surface area (Å²) < 4.78 is 10.7. The highest BCUT2D eigenvalue weighted by molar-refractivity contribution is 5.57. The second-order valence-electron chi connectivity index (χ2n) is 5.69. The van der Waals surface area contributed by atoms with Gasteiger partial charge < -0.3 is 19.7 Å². The van der Waals surface area contributed by atoms with E-state index in [9.17, 15) is 0 Å². The molecule has 0 saturated carbocycles. The number of ether oxygens (including phenoxy) is 2. The summed E-state index contributed by atoms with van der Waals surface area (Å²) in [6.07, 6.45) is 2.60. The Labute approximate surface area is 141 Å². The first-order chi connectivity index (χ1) is 11.7. The maximum Gasteiger partial charge on any atom is 0.126 e. The summed E-state index contributed by atoms with van der Waals surface area (Å²) in [7, 11) is 3.31. The highest BCUT2D eigenvalue weighted by Crippen LogP contribution is 2.30. The normalized spacial score (nSPS) is 16.5. The minimum atomic E-state index is 0.308. The number of nitriles is 1. The molecule has 0 radical (unpaired) electrons. The van der Waals surface area contributed by atoms with Crippen molar-refractivity contribution >= 4 is 11.5 Å². The minimum absolute atomic E-state index is 0.308. The van der Waals surface area contributed by atoms with Gasteiger partial charge in [0.2, 0.25) is 0 Å². The predicted molar refractivity (Wildman–Crippen MR) is 92.7 cm³/mol. The van der Waals surface area contributed by atoms with Crippen molar-refractivity contribution in [2.45, 2.75) is 12.5 Å². The molecule has 0 spiro atoms. The van der Waals surface area contributed by atoms with E-state index in [0.29, 0.717) is 11.6 Å². The molecule has 2 aromatic rings. The van der Waals surface area contributed by atoms with Gasteiger partial charge >= 0.3 is 0 Å². The van der Waals surface area contributed by atoms with Crippen molar-refractivity contribution in [2.24, 2.45) is 0 Å². The highest BCUT2D eigenvalue weighted by Gasteiger charge is 2.23. The molecule has 3 rings (SSSR count). The number of methoxy groups -OCH3 is 2. The van der Waals surface area contributed by atoms with Gasteiger partial charge in [0.1, 0.15) is 23.4 Å². The fraction of sp³-hybridized carbons (Fsp3) is 0.333. The average Bonchev–Trinajstić information content (AvgIpc) is 3.10. The number of nitrogens with zero attached hydrogens (tertiary/aromatic N) is 3. The molecule has 0 bridgehead atoms. The zero-order valence-electron chi connectivity index (χ0n) is 13.8. The molecule has 1 N–H and O–H groups in total. The molecule has 0 aliphatic carbocycles. The van der Waals surface area contributed by atoms with Crippen molar-refractivity contribution in [2.75, 3.05) is 37.5 Å². The van der Waals surface area contributed by atoms with Crippen LogP contribution in [0.25, 0.3) is 0 Å². The number of hydrogen-bond donors (Lipinski definition) is 1. The molecule has 1 aromatic carbocycles. The maximum atomic E-state index is 8.82. The molecule has 1 aromatic heterocycles. The third-order valence-corrected chi connectivity index (χ3v) is 4.13. The van der Waals surface area contributed by atoms with Gasteiger partial charge in [-0.1, -0.05) is 0 Å². The van der Waals surface area contributed by atoms with Crippen LogP contribution < -0.4 is 19.7 Å². The smallest absolute Gasteiger partial charge is 0.126 e. The fourth-order valence-corrected chi connectivity index (χ4v) is 2.84. The Balaban J connectivity index is 1.67. The number of aromatic nitrogens is 1. The van der Waals surface area contributed by atoms with E-state index in [4.69, 9.17) is 14.7 Å². The molecular formula is C18H20N4O2. The lowest BCUT2D eigenvalue weighted by Gasteiger charge is -2.20. The van der Waals surface area contributed by atoms with Crippen LogP contribution in [0.1, 0.15) is 12.0 Å². The average molecular weight is 324 g/mol. The molecule has 1 unspecified atom stereocenters. The molecule has 1 aliphatic rings. The largest absolute Gasteiger partial charge is 0.497 e. The van der Waals surface area contributed by atoms with Gasteiger partial charge in [-0.25, -0.2) is 4.98 Å². The molecule has 0 amide bonds. The minimum Gasteiger partial charge on any atom is -0.497 e. The molecule has 1 fully saturated rings. The molecule has 124 valence electrons. The first kappa shape index (κ1) is 15.9. The monoisotopic (exact) mass is 324 g/mol. The third-order valence-electron chi connectivity index (χ3n) is 4.13.